The fraction of sp³-hybridized carbons (Fsp3) is 0.316. The number of ether oxygens (including phenoxy) is 1. The lowest BCUT2D eigenvalue weighted by molar-refractivity contribution is -0.116. The van der Waals surface area contributed by atoms with E-state index in [-0.39, 0.29) is 11.8 Å². The molecule has 2 atom stereocenters. The third-order valence-corrected chi connectivity index (χ3v) is 3.85. The highest BCUT2D eigenvalue weighted by molar-refractivity contribution is 5.92. The van der Waals surface area contributed by atoms with Crippen molar-refractivity contribution >= 4 is 11.6 Å². The van der Waals surface area contributed by atoms with Crippen molar-refractivity contribution < 1.29 is 14.6 Å². The van der Waals surface area contributed by atoms with Crippen LogP contribution in [0.4, 0.5) is 5.69 Å². The van der Waals surface area contributed by atoms with Crippen molar-refractivity contribution in [3.8, 4) is 5.75 Å². The normalized spacial score (nSPS) is 13.2. The van der Waals surface area contributed by atoms with Gasteiger partial charge in [-0.2, -0.15) is 0 Å². The molecule has 0 radical (unpaired) electrons. The van der Waals surface area contributed by atoms with Gasteiger partial charge >= 0.3 is 0 Å². The molecule has 2 aromatic carbocycles. The average molecular weight is 313 g/mol. The van der Waals surface area contributed by atoms with Crippen molar-refractivity contribution in [3.05, 3.63) is 59.7 Å². The first kappa shape index (κ1) is 17.0. The van der Waals surface area contributed by atoms with Crippen LogP contribution < -0.4 is 10.1 Å². The molecule has 2 aromatic rings. The molecule has 122 valence electrons. The molecular weight excluding hydrogens is 290 g/mol. The minimum atomic E-state index is -0.627. The summed E-state index contributed by atoms with van der Waals surface area (Å²) in [5.74, 6) is 0.735. The van der Waals surface area contributed by atoms with Crippen molar-refractivity contribution in [3.63, 3.8) is 0 Å². The highest BCUT2D eigenvalue weighted by atomic mass is 16.5. The van der Waals surface area contributed by atoms with E-state index in [1.165, 1.54) is 0 Å². The predicted molar refractivity (Wildman–Crippen MR) is 91.7 cm³/mol. The Kier molecular flexibility index (Phi) is 5.77. The SMILES string of the molecule is COc1ccccc1C(C)CC(=O)Nc1ccccc1C(C)O. The van der Waals surface area contributed by atoms with E-state index in [1.54, 1.807) is 20.1 Å². The topological polar surface area (TPSA) is 58.6 Å². The lowest BCUT2D eigenvalue weighted by atomic mass is 9.96. The Morgan fingerprint density at radius 3 is 2.35 bits per heavy atom. The summed E-state index contributed by atoms with van der Waals surface area (Å²) in [6.07, 6.45) is -0.285. The number of carbonyl (C=O) groups excluding carboxylic acids is 1. The number of hydrogen-bond donors (Lipinski definition) is 2. The summed E-state index contributed by atoms with van der Waals surface area (Å²) in [6.45, 7) is 3.68. The number of anilines is 1. The maximum absolute atomic E-state index is 12.3. The molecule has 0 spiro atoms. The van der Waals surface area contributed by atoms with Crippen LogP contribution in [0.5, 0.6) is 5.75 Å². The van der Waals surface area contributed by atoms with E-state index in [1.807, 2.05) is 49.4 Å². The summed E-state index contributed by atoms with van der Waals surface area (Å²) in [5.41, 5.74) is 2.37. The molecule has 0 bridgehead atoms. The Labute approximate surface area is 137 Å². The Balaban J connectivity index is 2.08. The van der Waals surface area contributed by atoms with E-state index >= 15 is 0 Å². The predicted octanol–water partition coefficient (Wildman–Crippen LogP) is 3.88. The zero-order chi connectivity index (χ0) is 16.8. The van der Waals surface area contributed by atoms with Crippen molar-refractivity contribution in [2.75, 3.05) is 12.4 Å². The van der Waals surface area contributed by atoms with Crippen molar-refractivity contribution in [2.24, 2.45) is 0 Å². The largest absolute Gasteiger partial charge is 0.496 e. The van der Waals surface area contributed by atoms with Crippen molar-refractivity contribution in [1.82, 2.24) is 0 Å². The van der Waals surface area contributed by atoms with E-state index in [4.69, 9.17) is 4.74 Å². The van der Waals surface area contributed by atoms with E-state index < -0.39 is 6.10 Å². The fourth-order valence-corrected chi connectivity index (χ4v) is 2.64. The van der Waals surface area contributed by atoms with Gasteiger partial charge in [0.15, 0.2) is 0 Å². The number of carbonyl (C=O) groups is 1. The second kappa shape index (κ2) is 7.79. The monoisotopic (exact) mass is 313 g/mol. The number of hydrogen-bond acceptors (Lipinski definition) is 3. The van der Waals surface area contributed by atoms with Crippen LogP contribution in [0.2, 0.25) is 0 Å². The van der Waals surface area contributed by atoms with Crippen LogP contribution >= 0.6 is 0 Å². The lowest BCUT2D eigenvalue weighted by Crippen LogP contribution is -2.16. The summed E-state index contributed by atoms with van der Waals surface area (Å²) in [7, 11) is 1.63. The Morgan fingerprint density at radius 2 is 1.70 bits per heavy atom. The molecule has 2 unspecified atom stereocenters. The maximum atomic E-state index is 12.3. The molecule has 2 N–H and O–H groups in total. The number of benzene rings is 2. The Bertz CT molecular complexity index is 667. The quantitative estimate of drug-likeness (QED) is 0.851. The van der Waals surface area contributed by atoms with Gasteiger partial charge in [0.1, 0.15) is 5.75 Å². The minimum Gasteiger partial charge on any atom is -0.496 e. The van der Waals surface area contributed by atoms with Gasteiger partial charge in [0.25, 0.3) is 0 Å². The molecule has 0 saturated carbocycles. The molecule has 0 heterocycles. The molecule has 1 amide bonds. The van der Waals surface area contributed by atoms with Gasteiger partial charge in [0.05, 0.1) is 13.2 Å². The third kappa shape index (κ3) is 4.33. The molecule has 0 aliphatic carbocycles. The van der Waals surface area contributed by atoms with E-state index in [2.05, 4.69) is 5.32 Å². The minimum absolute atomic E-state index is 0.0323. The molecule has 0 aliphatic heterocycles. The molecule has 0 fully saturated rings. The summed E-state index contributed by atoms with van der Waals surface area (Å²) >= 11 is 0. The molecule has 0 aromatic heterocycles. The van der Waals surface area contributed by atoms with E-state index in [9.17, 15) is 9.90 Å². The van der Waals surface area contributed by atoms with Gasteiger partial charge in [0, 0.05) is 17.7 Å². The van der Waals surface area contributed by atoms with Gasteiger partial charge in [-0.05, 0) is 30.5 Å². The number of aliphatic hydroxyl groups excluding tert-OH is 1. The second-order valence-electron chi connectivity index (χ2n) is 5.66. The molecule has 23 heavy (non-hydrogen) atoms. The van der Waals surface area contributed by atoms with Gasteiger partial charge in [0.2, 0.25) is 5.91 Å². The zero-order valence-corrected chi connectivity index (χ0v) is 13.7. The first-order valence-corrected chi connectivity index (χ1v) is 7.72. The number of nitrogens with one attached hydrogen (secondary N) is 1. The number of para-hydroxylation sites is 2. The van der Waals surface area contributed by atoms with Crippen LogP contribution in [0, 0.1) is 0 Å². The van der Waals surface area contributed by atoms with Crippen LogP contribution in [0.15, 0.2) is 48.5 Å². The number of aliphatic hydroxyl groups is 1. The van der Waals surface area contributed by atoms with Crippen LogP contribution in [-0.4, -0.2) is 18.1 Å². The number of amides is 1. The molecule has 0 saturated heterocycles. The first-order chi connectivity index (χ1) is 11.0. The number of methoxy groups -OCH3 is 1. The summed E-state index contributed by atoms with van der Waals surface area (Å²) in [4.78, 5) is 12.3. The van der Waals surface area contributed by atoms with Crippen LogP contribution in [-0.2, 0) is 4.79 Å². The first-order valence-electron chi connectivity index (χ1n) is 7.72. The smallest absolute Gasteiger partial charge is 0.224 e. The van der Waals surface area contributed by atoms with Gasteiger partial charge < -0.3 is 15.2 Å². The summed E-state index contributed by atoms with van der Waals surface area (Å²) in [6, 6.07) is 15.0. The van der Waals surface area contributed by atoms with Crippen molar-refractivity contribution in [1.29, 1.82) is 0 Å². The lowest BCUT2D eigenvalue weighted by Gasteiger charge is -2.17. The molecule has 0 aliphatic rings. The van der Waals surface area contributed by atoms with E-state index in [0.29, 0.717) is 17.7 Å². The average Bonchev–Trinajstić information content (AvgIpc) is 2.54. The van der Waals surface area contributed by atoms with Crippen LogP contribution in [0.1, 0.15) is 43.4 Å². The van der Waals surface area contributed by atoms with Crippen molar-refractivity contribution in [2.45, 2.75) is 32.3 Å². The molecule has 2 rings (SSSR count). The van der Waals surface area contributed by atoms with Gasteiger partial charge in [-0.15, -0.1) is 0 Å². The van der Waals surface area contributed by atoms with Gasteiger partial charge in [-0.3, -0.25) is 4.79 Å². The molecular formula is C19H23NO3. The highest BCUT2D eigenvalue weighted by Gasteiger charge is 2.16. The summed E-state index contributed by atoms with van der Waals surface area (Å²) in [5, 5.41) is 12.7. The third-order valence-electron chi connectivity index (χ3n) is 3.85. The zero-order valence-electron chi connectivity index (χ0n) is 13.7. The maximum Gasteiger partial charge on any atom is 0.224 e. The Hall–Kier alpha value is -2.33. The summed E-state index contributed by atoms with van der Waals surface area (Å²) < 4.78 is 5.35. The molecule has 4 nitrogen and oxygen atoms in total. The standard InChI is InChI=1S/C19H23NO3/c1-13(15-8-5-7-11-18(15)23-3)12-19(22)20-17-10-6-4-9-16(17)14(2)21/h4-11,13-14,21H,12H2,1-3H3,(H,20,22). The molecule has 4 heteroatoms. The fourth-order valence-electron chi connectivity index (χ4n) is 2.64. The van der Waals surface area contributed by atoms with Gasteiger partial charge in [-0.1, -0.05) is 43.3 Å². The van der Waals surface area contributed by atoms with Gasteiger partial charge in [-0.25, -0.2) is 0 Å². The van der Waals surface area contributed by atoms with E-state index in [0.717, 1.165) is 11.3 Å². The number of rotatable bonds is 6. The highest BCUT2D eigenvalue weighted by Crippen LogP contribution is 2.29. The van der Waals surface area contributed by atoms with Crippen LogP contribution in [0.25, 0.3) is 0 Å². The Morgan fingerprint density at radius 1 is 1.09 bits per heavy atom. The second-order valence-corrected chi connectivity index (χ2v) is 5.66. The van der Waals surface area contributed by atoms with Crippen LogP contribution in [0.3, 0.4) is 0 Å².